The van der Waals surface area contributed by atoms with Crippen LogP contribution in [0.2, 0.25) is 0 Å². The third-order valence-electron chi connectivity index (χ3n) is 4.08. The molecule has 0 amide bonds. The lowest BCUT2D eigenvalue weighted by molar-refractivity contribution is 0.455. The molecule has 0 aromatic carbocycles. The summed E-state index contributed by atoms with van der Waals surface area (Å²) in [6.07, 6.45) is 5.90. The van der Waals surface area contributed by atoms with E-state index in [0.717, 1.165) is 35.7 Å². The number of rotatable bonds is 4. The van der Waals surface area contributed by atoms with Gasteiger partial charge in [-0.1, -0.05) is 0 Å². The van der Waals surface area contributed by atoms with Gasteiger partial charge in [0.2, 0.25) is 0 Å². The lowest BCUT2D eigenvalue weighted by Gasteiger charge is -2.21. The molecule has 2 aromatic rings. The van der Waals surface area contributed by atoms with E-state index >= 15 is 0 Å². The van der Waals surface area contributed by atoms with Crippen LogP contribution in [-0.2, 0) is 0 Å². The van der Waals surface area contributed by atoms with Gasteiger partial charge in [0.25, 0.3) is 0 Å². The Hall–Kier alpha value is -2.43. The summed E-state index contributed by atoms with van der Waals surface area (Å²) in [4.78, 5) is 13.6. The molecular weight excluding hydrogens is 320 g/mol. The molecule has 1 atom stereocenters. The van der Waals surface area contributed by atoms with Gasteiger partial charge in [0.1, 0.15) is 10.9 Å². The van der Waals surface area contributed by atoms with Crippen LogP contribution in [0.3, 0.4) is 0 Å². The molecule has 6 nitrogen and oxygen atoms in total. The van der Waals surface area contributed by atoms with E-state index in [1.165, 1.54) is 17.8 Å². The summed E-state index contributed by atoms with van der Waals surface area (Å²) in [5, 5.41) is 12.3. The first-order valence-corrected chi connectivity index (χ1v) is 8.75. The van der Waals surface area contributed by atoms with Crippen molar-refractivity contribution in [2.75, 3.05) is 13.1 Å². The van der Waals surface area contributed by atoms with Crippen LogP contribution < -0.4 is 11.1 Å². The fraction of sp³-hybridized carbons (Fsp3) is 0.353. The SMILES string of the molecule is C/C(=C\N=C(N)c1ncc([C@H]2CCCNC2)[nH]1)c1ccc(C#N)s1. The number of H-pyrrole nitrogens is 1. The maximum atomic E-state index is 8.89. The summed E-state index contributed by atoms with van der Waals surface area (Å²) in [6, 6.07) is 5.86. The van der Waals surface area contributed by atoms with Crippen LogP contribution in [0.15, 0.2) is 29.5 Å². The molecule has 0 radical (unpaired) electrons. The zero-order valence-electron chi connectivity index (χ0n) is 13.5. The Kier molecular flexibility index (Phi) is 5.08. The van der Waals surface area contributed by atoms with Crippen LogP contribution in [0.25, 0.3) is 5.57 Å². The molecule has 7 heteroatoms. The Morgan fingerprint density at radius 3 is 3.12 bits per heavy atom. The molecule has 24 heavy (non-hydrogen) atoms. The maximum absolute atomic E-state index is 8.89. The van der Waals surface area contributed by atoms with Crippen molar-refractivity contribution in [3.8, 4) is 6.07 Å². The summed E-state index contributed by atoms with van der Waals surface area (Å²) < 4.78 is 0. The Balaban J connectivity index is 1.72. The summed E-state index contributed by atoms with van der Waals surface area (Å²) in [5.74, 6) is 1.42. The normalized spacial score (nSPS) is 19.2. The fourth-order valence-corrected chi connectivity index (χ4v) is 3.46. The number of nitrogens with zero attached hydrogens (tertiary/aromatic N) is 3. The van der Waals surface area contributed by atoms with Gasteiger partial charge in [-0.05, 0) is 44.0 Å². The first-order chi connectivity index (χ1) is 11.7. The van der Waals surface area contributed by atoms with Crippen LogP contribution in [0.4, 0.5) is 0 Å². The van der Waals surface area contributed by atoms with Gasteiger partial charge in [0.15, 0.2) is 11.7 Å². The molecule has 3 heterocycles. The molecule has 3 rings (SSSR count). The van der Waals surface area contributed by atoms with Crippen molar-refractivity contribution < 1.29 is 0 Å². The number of aromatic amines is 1. The monoisotopic (exact) mass is 340 g/mol. The molecule has 1 aliphatic heterocycles. The van der Waals surface area contributed by atoms with E-state index in [4.69, 9.17) is 11.0 Å². The number of thiophene rings is 1. The number of imidazole rings is 1. The number of piperidine rings is 1. The molecule has 0 aliphatic carbocycles. The largest absolute Gasteiger partial charge is 0.381 e. The quantitative estimate of drug-likeness (QED) is 0.588. The minimum Gasteiger partial charge on any atom is -0.381 e. The summed E-state index contributed by atoms with van der Waals surface area (Å²) in [7, 11) is 0. The minimum atomic E-state index is 0.362. The smallest absolute Gasteiger partial charge is 0.173 e. The van der Waals surface area contributed by atoms with E-state index in [-0.39, 0.29) is 0 Å². The zero-order chi connectivity index (χ0) is 16.9. The van der Waals surface area contributed by atoms with Crippen molar-refractivity contribution in [3.63, 3.8) is 0 Å². The first kappa shape index (κ1) is 16.4. The van der Waals surface area contributed by atoms with Crippen molar-refractivity contribution in [1.29, 1.82) is 5.26 Å². The Morgan fingerprint density at radius 1 is 1.54 bits per heavy atom. The number of nitrogens with one attached hydrogen (secondary N) is 2. The number of amidine groups is 1. The van der Waals surface area contributed by atoms with Gasteiger partial charge >= 0.3 is 0 Å². The Labute approximate surface area is 145 Å². The second-order valence-corrected chi connectivity index (χ2v) is 6.92. The van der Waals surface area contributed by atoms with Gasteiger partial charge in [0.05, 0.1) is 0 Å². The molecular formula is C17H20N6S. The average molecular weight is 340 g/mol. The highest BCUT2D eigenvalue weighted by Gasteiger charge is 2.17. The van der Waals surface area contributed by atoms with E-state index in [1.54, 1.807) is 12.3 Å². The van der Waals surface area contributed by atoms with E-state index < -0.39 is 0 Å². The molecule has 0 unspecified atom stereocenters. The number of hydrogen-bond acceptors (Lipinski definition) is 5. The second kappa shape index (κ2) is 7.43. The highest BCUT2D eigenvalue weighted by Crippen LogP contribution is 2.24. The molecule has 1 fully saturated rings. The minimum absolute atomic E-state index is 0.362. The van der Waals surface area contributed by atoms with Gasteiger partial charge < -0.3 is 16.0 Å². The third-order valence-corrected chi connectivity index (χ3v) is 5.20. The number of hydrogen-bond donors (Lipinski definition) is 3. The lowest BCUT2D eigenvalue weighted by Crippen LogP contribution is -2.28. The molecule has 1 aliphatic rings. The van der Waals surface area contributed by atoms with Crippen LogP contribution in [0.5, 0.6) is 0 Å². The first-order valence-electron chi connectivity index (χ1n) is 7.93. The molecule has 2 aromatic heterocycles. The van der Waals surface area contributed by atoms with E-state index in [9.17, 15) is 0 Å². The van der Waals surface area contributed by atoms with Gasteiger partial charge in [-0.25, -0.2) is 9.98 Å². The van der Waals surface area contributed by atoms with Crippen LogP contribution in [-0.4, -0.2) is 28.9 Å². The number of allylic oxidation sites excluding steroid dienone is 1. The zero-order valence-corrected chi connectivity index (χ0v) is 14.4. The van der Waals surface area contributed by atoms with Crippen LogP contribution in [0, 0.1) is 11.3 Å². The number of aromatic nitrogens is 2. The van der Waals surface area contributed by atoms with Gasteiger partial charge in [0, 0.05) is 35.4 Å². The van der Waals surface area contributed by atoms with Crippen molar-refractivity contribution >= 4 is 22.7 Å². The molecule has 124 valence electrons. The van der Waals surface area contributed by atoms with Crippen LogP contribution >= 0.6 is 11.3 Å². The maximum Gasteiger partial charge on any atom is 0.173 e. The van der Waals surface area contributed by atoms with Gasteiger partial charge in [-0.2, -0.15) is 5.26 Å². The highest BCUT2D eigenvalue weighted by atomic mass is 32.1. The Morgan fingerprint density at radius 2 is 2.42 bits per heavy atom. The molecule has 1 saturated heterocycles. The van der Waals surface area contributed by atoms with E-state index in [2.05, 4.69) is 26.3 Å². The average Bonchev–Trinajstić information content (AvgIpc) is 3.29. The number of aliphatic imine (C=N–C) groups is 1. The third kappa shape index (κ3) is 3.72. The Bertz CT molecular complexity index is 801. The summed E-state index contributed by atoms with van der Waals surface area (Å²) >= 11 is 1.44. The van der Waals surface area contributed by atoms with Crippen LogP contribution in [0.1, 0.15) is 47.0 Å². The molecule has 0 bridgehead atoms. The highest BCUT2D eigenvalue weighted by molar-refractivity contribution is 7.13. The molecule has 0 spiro atoms. The summed E-state index contributed by atoms with van der Waals surface area (Å²) in [5.41, 5.74) is 8.11. The number of nitriles is 1. The lowest BCUT2D eigenvalue weighted by atomic mass is 9.97. The fourth-order valence-electron chi connectivity index (χ4n) is 2.69. The summed E-state index contributed by atoms with van der Waals surface area (Å²) in [6.45, 7) is 4.00. The predicted octanol–water partition coefficient (Wildman–Crippen LogP) is 2.58. The van der Waals surface area contributed by atoms with Crippen molar-refractivity contribution in [2.45, 2.75) is 25.7 Å². The topological polar surface area (TPSA) is 103 Å². The van der Waals surface area contributed by atoms with Crippen molar-refractivity contribution in [1.82, 2.24) is 15.3 Å². The van der Waals surface area contributed by atoms with E-state index in [0.29, 0.717) is 22.5 Å². The number of nitrogens with two attached hydrogens (primary N) is 1. The van der Waals surface area contributed by atoms with Gasteiger partial charge in [-0.15, -0.1) is 11.3 Å². The molecule has 4 N–H and O–H groups in total. The predicted molar refractivity (Wildman–Crippen MR) is 96.8 cm³/mol. The van der Waals surface area contributed by atoms with Gasteiger partial charge in [-0.3, -0.25) is 0 Å². The standard InChI is InChI=1S/C17H20N6S/c1-11(15-5-4-13(7-18)24-15)8-21-16(19)17-22-10-14(23-17)12-3-2-6-20-9-12/h4-5,8,10,12,20H,2-3,6,9H2,1H3,(H2,19,21)(H,22,23)/b11-8+/t12-/m0/s1. The van der Waals surface area contributed by atoms with E-state index in [1.807, 2.05) is 19.2 Å². The second-order valence-electron chi connectivity index (χ2n) is 5.83. The van der Waals surface area contributed by atoms with Crippen molar-refractivity contribution in [2.24, 2.45) is 10.7 Å². The molecule has 0 saturated carbocycles. The van der Waals surface area contributed by atoms with Crippen molar-refractivity contribution in [3.05, 3.63) is 45.8 Å².